The molecular weight excluding hydrogens is 448 g/mol. The summed E-state index contributed by atoms with van der Waals surface area (Å²) in [5.74, 6) is 1.39. The van der Waals surface area contributed by atoms with Crippen molar-refractivity contribution in [3.8, 4) is 17.2 Å². The third kappa shape index (κ3) is 5.84. The van der Waals surface area contributed by atoms with Crippen LogP contribution in [0.2, 0.25) is 0 Å². The van der Waals surface area contributed by atoms with Gasteiger partial charge in [0.2, 0.25) is 0 Å². The number of methoxy groups -OCH3 is 2. The molecule has 0 fully saturated rings. The van der Waals surface area contributed by atoms with Crippen LogP contribution in [0.1, 0.15) is 21.5 Å². The Hall–Kier alpha value is -3.32. The Kier molecular flexibility index (Phi) is 7.45. The summed E-state index contributed by atoms with van der Waals surface area (Å²) in [7, 11) is 3.05. The van der Waals surface area contributed by atoms with Crippen LogP contribution >= 0.6 is 15.9 Å². The van der Waals surface area contributed by atoms with Gasteiger partial charge in [0, 0.05) is 10.5 Å². The van der Waals surface area contributed by atoms with E-state index in [1.165, 1.54) is 7.11 Å². The van der Waals surface area contributed by atoms with E-state index in [0.29, 0.717) is 23.7 Å². The molecule has 3 aromatic carbocycles. The summed E-state index contributed by atoms with van der Waals surface area (Å²) >= 11 is 3.41. The Labute approximate surface area is 183 Å². The minimum atomic E-state index is -0.375. The monoisotopic (exact) mass is 468 g/mol. The van der Waals surface area contributed by atoms with Crippen molar-refractivity contribution < 1.29 is 19.0 Å². The van der Waals surface area contributed by atoms with Crippen LogP contribution in [0, 0.1) is 0 Å². The number of carbonyl (C=O) groups is 1. The molecule has 0 aliphatic heterocycles. The maximum absolute atomic E-state index is 12.3. The predicted octanol–water partition coefficient (Wildman–Crippen LogP) is 4.81. The van der Waals surface area contributed by atoms with Crippen molar-refractivity contribution in [2.24, 2.45) is 5.10 Å². The average molecular weight is 469 g/mol. The molecule has 0 aromatic heterocycles. The van der Waals surface area contributed by atoms with Gasteiger partial charge < -0.3 is 14.2 Å². The van der Waals surface area contributed by atoms with E-state index < -0.39 is 0 Å². The lowest BCUT2D eigenvalue weighted by molar-refractivity contribution is 0.0952. The van der Waals surface area contributed by atoms with E-state index in [1.807, 2.05) is 48.5 Å². The zero-order valence-electron chi connectivity index (χ0n) is 16.6. The number of benzene rings is 3. The molecule has 30 heavy (non-hydrogen) atoms. The largest absolute Gasteiger partial charge is 0.497 e. The van der Waals surface area contributed by atoms with Crippen LogP contribution in [0.4, 0.5) is 0 Å². The van der Waals surface area contributed by atoms with Crippen LogP contribution in [0.5, 0.6) is 17.2 Å². The smallest absolute Gasteiger partial charge is 0.275 e. The highest BCUT2D eigenvalue weighted by atomic mass is 79.9. The fraction of sp³-hybridized carbons (Fsp3) is 0.130. The van der Waals surface area contributed by atoms with Gasteiger partial charge in [-0.2, -0.15) is 5.10 Å². The molecule has 1 amide bonds. The summed E-state index contributed by atoms with van der Waals surface area (Å²) in [6.45, 7) is 0.487. The molecule has 1 N–H and O–H groups in total. The number of carbonyl (C=O) groups excluding carboxylic acids is 1. The summed E-state index contributed by atoms with van der Waals surface area (Å²) in [6.07, 6.45) is 1.56. The Morgan fingerprint density at radius 3 is 2.33 bits per heavy atom. The van der Waals surface area contributed by atoms with Crippen LogP contribution in [0.25, 0.3) is 0 Å². The van der Waals surface area contributed by atoms with Crippen LogP contribution < -0.4 is 19.6 Å². The highest BCUT2D eigenvalue weighted by Gasteiger charge is 2.12. The van der Waals surface area contributed by atoms with E-state index in [4.69, 9.17) is 14.2 Å². The molecule has 0 saturated carbocycles. The minimum Gasteiger partial charge on any atom is -0.497 e. The molecule has 6 nitrogen and oxygen atoms in total. The van der Waals surface area contributed by atoms with E-state index >= 15 is 0 Å². The van der Waals surface area contributed by atoms with Crippen molar-refractivity contribution in [2.75, 3.05) is 14.2 Å². The zero-order valence-corrected chi connectivity index (χ0v) is 18.2. The van der Waals surface area contributed by atoms with Gasteiger partial charge in [-0.15, -0.1) is 0 Å². The van der Waals surface area contributed by atoms with Crippen molar-refractivity contribution in [1.82, 2.24) is 5.43 Å². The van der Waals surface area contributed by atoms with Crippen molar-refractivity contribution in [3.05, 3.63) is 87.9 Å². The summed E-state index contributed by atoms with van der Waals surface area (Å²) in [4.78, 5) is 12.3. The quantitative estimate of drug-likeness (QED) is 0.380. The predicted molar refractivity (Wildman–Crippen MR) is 120 cm³/mol. The van der Waals surface area contributed by atoms with Gasteiger partial charge in [-0.3, -0.25) is 4.79 Å². The number of hydrogen-bond acceptors (Lipinski definition) is 5. The first-order chi connectivity index (χ1) is 14.6. The van der Waals surface area contributed by atoms with Crippen molar-refractivity contribution in [3.63, 3.8) is 0 Å². The third-order valence-electron chi connectivity index (χ3n) is 4.23. The van der Waals surface area contributed by atoms with E-state index in [0.717, 1.165) is 21.3 Å². The molecule has 3 aromatic rings. The lowest BCUT2D eigenvalue weighted by atomic mass is 10.2. The lowest BCUT2D eigenvalue weighted by Gasteiger charge is -2.09. The standard InChI is InChI=1S/C23H21BrN2O4/c1-28-20-11-12-21(22(13-20)29-2)23(27)26-25-14-16-5-9-19(10-6-16)30-15-17-3-7-18(24)8-4-17/h3-14H,15H2,1-2H3,(H,26,27). The van der Waals surface area contributed by atoms with E-state index in [2.05, 4.69) is 26.5 Å². The third-order valence-corrected chi connectivity index (χ3v) is 4.76. The van der Waals surface area contributed by atoms with E-state index in [1.54, 1.807) is 31.5 Å². The minimum absolute atomic E-state index is 0.368. The molecule has 0 bridgehead atoms. The molecule has 0 spiro atoms. The van der Waals surface area contributed by atoms with Crippen molar-refractivity contribution in [1.29, 1.82) is 0 Å². The van der Waals surface area contributed by atoms with Gasteiger partial charge in [0.05, 0.1) is 26.0 Å². The Bertz CT molecular complexity index is 1020. The van der Waals surface area contributed by atoms with Gasteiger partial charge in [-0.25, -0.2) is 5.43 Å². The molecule has 3 rings (SSSR count). The highest BCUT2D eigenvalue weighted by Crippen LogP contribution is 2.24. The maximum Gasteiger partial charge on any atom is 0.275 e. The van der Waals surface area contributed by atoms with Gasteiger partial charge >= 0.3 is 0 Å². The number of amides is 1. The number of rotatable bonds is 8. The molecule has 0 aliphatic carbocycles. The summed E-state index contributed by atoms with van der Waals surface area (Å²) < 4.78 is 17.2. The van der Waals surface area contributed by atoms with E-state index in [9.17, 15) is 4.79 Å². The maximum atomic E-state index is 12.3. The van der Waals surface area contributed by atoms with E-state index in [-0.39, 0.29) is 5.91 Å². The van der Waals surface area contributed by atoms with Crippen molar-refractivity contribution >= 4 is 28.1 Å². The summed E-state index contributed by atoms with van der Waals surface area (Å²) in [5.41, 5.74) is 4.78. The molecule has 0 aliphatic rings. The number of hydrazone groups is 1. The second-order valence-electron chi connectivity index (χ2n) is 6.25. The number of ether oxygens (including phenoxy) is 3. The molecule has 0 radical (unpaired) electrons. The number of halogens is 1. The van der Waals surface area contributed by atoms with Crippen LogP contribution in [0.15, 0.2) is 76.3 Å². The van der Waals surface area contributed by atoms with Gasteiger partial charge in [0.25, 0.3) is 5.91 Å². The molecule has 0 atom stereocenters. The van der Waals surface area contributed by atoms with Crippen LogP contribution in [-0.4, -0.2) is 26.3 Å². The SMILES string of the molecule is COc1ccc(C(=O)NN=Cc2ccc(OCc3ccc(Br)cc3)cc2)c(OC)c1. The fourth-order valence-electron chi connectivity index (χ4n) is 2.61. The van der Waals surface area contributed by atoms with Gasteiger partial charge in [0.1, 0.15) is 23.9 Å². The summed E-state index contributed by atoms with van der Waals surface area (Å²) in [5, 5.41) is 4.01. The van der Waals surface area contributed by atoms with Crippen LogP contribution in [0.3, 0.4) is 0 Å². The Morgan fingerprint density at radius 2 is 1.67 bits per heavy atom. The first kappa shape index (κ1) is 21.4. The fourth-order valence-corrected chi connectivity index (χ4v) is 2.87. The first-order valence-electron chi connectivity index (χ1n) is 9.12. The molecule has 7 heteroatoms. The number of hydrogen-bond donors (Lipinski definition) is 1. The average Bonchev–Trinajstić information content (AvgIpc) is 2.79. The van der Waals surface area contributed by atoms with Crippen LogP contribution in [-0.2, 0) is 6.61 Å². The zero-order chi connectivity index (χ0) is 21.3. The Balaban J connectivity index is 1.55. The second-order valence-corrected chi connectivity index (χ2v) is 7.17. The molecule has 0 heterocycles. The highest BCUT2D eigenvalue weighted by molar-refractivity contribution is 9.10. The molecule has 154 valence electrons. The second kappa shape index (κ2) is 10.5. The van der Waals surface area contributed by atoms with Gasteiger partial charge in [-0.1, -0.05) is 28.1 Å². The normalized spacial score (nSPS) is 10.6. The lowest BCUT2D eigenvalue weighted by Crippen LogP contribution is -2.18. The van der Waals surface area contributed by atoms with Gasteiger partial charge in [0.15, 0.2) is 0 Å². The number of nitrogens with zero attached hydrogens (tertiary/aromatic N) is 1. The van der Waals surface area contributed by atoms with Crippen molar-refractivity contribution in [2.45, 2.75) is 6.61 Å². The Morgan fingerprint density at radius 1 is 0.967 bits per heavy atom. The van der Waals surface area contributed by atoms with Gasteiger partial charge in [-0.05, 0) is 59.7 Å². The molecule has 0 unspecified atom stereocenters. The molecular formula is C23H21BrN2O4. The summed E-state index contributed by atoms with van der Waals surface area (Å²) in [6, 6.07) is 20.4. The first-order valence-corrected chi connectivity index (χ1v) is 9.91. The number of nitrogens with one attached hydrogen (secondary N) is 1. The molecule has 0 saturated heterocycles. The topological polar surface area (TPSA) is 69.2 Å².